The SMILES string of the molecule is CCn1nc(C)cc1C(=O)N(CCN)CCOC. The maximum Gasteiger partial charge on any atom is 0.272 e. The molecule has 1 aromatic rings. The summed E-state index contributed by atoms with van der Waals surface area (Å²) < 4.78 is 6.73. The summed E-state index contributed by atoms with van der Waals surface area (Å²) in [5.41, 5.74) is 6.99. The van der Waals surface area contributed by atoms with Gasteiger partial charge in [-0.3, -0.25) is 9.48 Å². The molecule has 6 nitrogen and oxygen atoms in total. The highest BCUT2D eigenvalue weighted by Crippen LogP contribution is 2.08. The third-order valence-corrected chi connectivity index (χ3v) is 2.67. The number of ether oxygens (including phenoxy) is 1. The third-order valence-electron chi connectivity index (χ3n) is 2.67. The fourth-order valence-corrected chi connectivity index (χ4v) is 1.79. The van der Waals surface area contributed by atoms with Crippen LogP contribution in [0.2, 0.25) is 0 Å². The van der Waals surface area contributed by atoms with Gasteiger partial charge in [-0.15, -0.1) is 0 Å². The Balaban J connectivity index is 2.86. The molecule has 0 saturated heterocycles. The monoisotopic (exact) mass is 254 g/mol. The van der Waals surface area contributed by atoms with Crippen molar-refractivity contribution in [2.75, 3.05) is 33.4 Å². The van der Waals surface area contributed by atoms with E-state index in [0.29, 0.717) is 38.5 Å². The molecule has 102 valence electrons. The Morgan fingerprint density at radius 1 is 1.56 bits per heavy atom. The van der Waals surface area contributed by atoms with Crippen LogP contribution in [-0.4, -0.2) is 53.9 Å². The molecule has 0 spiro atoms. The van der Waals surface area contributed by atoms with Crippen LogP contribution in [0.4, 0.5) is 0 Å². The normalized spacial score (nSPS) is 10.7. The summed E-state index contributed by atoms with van der Waals surface area (Å²) in [6.45, 7) is 6.53. The molecule has 1 rings (SSSR count). The smallest absolute Gasteiger partial charge is 0.272 e. The maximum atomic E-state index is 12.4. The van der Waals surface area contributed by atoms with Gasteiger partial charge in [-0.05, 0) is 19.9 Å². The Bertz CT molecular complexity index is 389. The van der Waals surface area contributed by atoms with E-state index in [9.17, 15) is 4.79 Å². The highest BCUT2D eigenvalue weighted by Gasteiger charge is 2.19. The first-order valence-corrected chi connectivity index (χ1v) is 6.16. The van der Waals surface area contributed by atoms with Gasteiger partial charge in [0.15, 0.2) is 0 Å². The standard InChI is InChI=1S/C12H22N4O2/c1-4-16-11(9-10(2)14-16)12(17)15(6-5-13)7-8-18-3/h9H,4-8,13H2,1-3H3. The lowest BCUT2D eigenvalue weighted by Gasteiger charge is -2.21. The average molecular weight is 254 g/mol. The van der Waals surface area contributed by atoms with Gasteiger partial charge in [-0.2, -0.15) is 5.10 Å². The fourth-order valence-electron chi connectivity index (χ4n) is 1.79. The van der Waals surface area contributed by atoms with Crippen LogP contribution in [0, 0.1) is 6.92 Å². The molecule has 18 heavy (non-hydrogen) atoms. The second-order valence-electron chi connectivity index (χ2n) is 4.06. The van der Waals surface area contributed by atoms with E-state index in [0.717, 1.165) is 5.69 Å². The first-order valence-electron chi connectivity index (χ1n) is 6.16. The number of hydrogen-bond donors (Lipinski definition) is 1. The minimum atomic E-state index is -0.0417. The molecule has 0 unspecified atom stereocenters. The minimum Gasteiger partial charge on any atom is -0.383 e. The molecule has 0 aliphatic carbocycles. The van der Waals surface area contributed by atoms with Crippen molar-refractivity contribution in [2.45, 2.75) is 20.4 Å². The summed E-state index contributed by atoms with van der Waals surface area (Å²) in [5.74, 6) is -0.0417. The second-order valence-corrected chi connectivity index (χ2v) is 4.06. The number of methoxy groups -OCH3 is 1. The lowest BCUT2D eigenvalue weighted by molar-refractivity contribution is 0.0689. The Morgan fingerprint density at radius 3 is 2.83 bits per heavy atom. The molecule has 0 atom stereocenters. The summed E-state index contributed by atoms with van der Waals surface area (Å²) in [6, 6.07) is 1.81. The van der Waals surface area contributed by atoms with Crippen molar-refractivity contribution >= 4 is 5.91 Å². The zero-order valence-electron chi connectivity index (χ0n) is 11.3. The molecule has 0 aromatic carbocycles. The van der Waals surface area contributed by atoms with Crippen molar-refractivity contribution < 1.29 is 9.53 Å². The number of aryl methyl sites for hydroxylation is 2. The van der Waals surface area contributed by atoms with Gasteiger partial charge >= 0.3 is 0 Å². The van der Waals surface area contributed by atoms with Crippen LogP contribution in [0.25, 0.3) is 0 Å². The number of nitrogens with two attached hydrogens (primary N) is 1. The molecule has 0 aliphatic rings. The molecule has 1 amide bonds. The van der Waals surface area contributed by atoms with Gasteiger partial charge in [0.05, 0.1) is 12.3 Å². The number of nitrogens with zero attached hydrogens (tertiary/aromatic N) is 3. The van der Waals surface area contributed by atoms with Crippen molar-refractivity contribution in [1.29, 1.82) is 0 Å². The molecule has 2 N–H and O–H groups in total. The summed E-state index contributed by atoms with van der Waals surface area (Å²) in [5, 5.41) is 4.28. The van der Waals surface area contributed by atoms with Gasteiger partial charge < -0.3 is 15.4 Å². The predicted octanol–water partition coefficient (Wildman–Crippen LogP) is 0.259. The van der Waals surface area contributed by atoms with Crippen molar-refractivity contribution in [3.8, 4) is 0 Å². The van der Waals surface area contributed by atoms with Crippen LogP contribution in [-0.2, 0) is 11.3 Å². The van der Waals surface area contributed by atoms with Crippen LogP contribution in [0.15, 0.2) is 6.07 Å². The average Bonchev–Trinajstić information content (AvgIpc) is 2.75. The Morgan fingerprint density at radius 2 is 2.28 bits per heavy atom. The molecule has 0 fully saturated rings. The van der Waals surface area contributed by atoms with Crippen LogP contribution < -0.4 is 5.73 Å². The van der Waals surface area contributed by atoms with Crippen LogP contribution >= 0.6 is 0 Å². The van der Waals surface area contributed by atoms with Gasteiger partial charge in [-0.25, -0.2) is 0 Å². The van der Waals surface area contributed by atoms with E-state index in [-0.39, 0.29) is 5.91 Å². The summed E-state index contributed by atoms with van der Waals surface area (Å²) in [4.78, 5) is 14.1. The molecular weight excluding hydrogens is 232 g/mol. The second kappa shape index (κ2) is 7.13. The zero-order chi connectivity index (χ0) is 13.5. The van der Waals surface area contributed by atoms with Crippen LogP contribution in [0.1, 0.15) is 23.1 Å². The molecule has 1 heterocycles. The Kier molecular flexibility index (Phi) is 5.80. The largest absolute Gasteiger partial charge is 0.383 e. The highest BCUT2D eigenvalue weighted by atomic mass is 16.5. The lowest BCUT2D eigenvalue weighted by Crippen LogP contribution is -2.38. The number of rotatable bonds is 7. The van der Waals surface area contributed by atoms with E-state index >= 15 is 0 Å². The molecule has 0 radical (unpaired) electrons. The molecule has 1 aromatic heterocycles. The van der Waals surface area contributed by atoms with Gasteiger partial charge in [-0.1, -0.05) is 0 Å². The molecule has 0 aliphatic heterocycles. The highest BCUT2D eigenvalue weighted by molar-refractivity contribution is 5.92. The number of aromatic nitrogens is 2. The Labute approximate surface area is 108 Å². The first-order chi connectivity index (χ1) is 8.63. The van der Waals surface area contributed by atoms with E-state index in [1.54, 1.807) is 16.7 Å². The lowest BCUT2D eigenvalue weighted by atomic mass is 10.3. The van der Waals surface area contributed by atoms with Crippen molar-refractivity contribution in [3.05, 3.63) is 17.5 Å². The number of carbonyl (C=O) groups is 1. The summed E-state index contributed by atoms with van der Waals surface area (Å²) >= 11 is 0. The van der Waals surface area contributed by atoms with Crippen molar-refractivity contribution in [3.63, 3.8) is 0 Å². The quantitative estimate of drug-likeness (QED) is 0.757. The number of amides is 1. The van der Waals surface area contributed by atoms with E-state index in [1.165, 1.54) is 0 Å². The first kappa shape index (κ1) is 14.7. The van der Waals surface area contributed by atoms with Gasteiger partial charge in [0.2, 0.25) is 0 Å². The van der Waals surface area contributed by atoms with E-state index in [4.69, 9.17) is 10.5 Å². The molecule has 6 heteroatoms. The molecule has 0 bridgehead atoms. The topological polar surface area (TPSA) is 73.4 Å². The molecular formula is C12H22N4O2. The summed E-state index contributed by atoms with van der Waals surface area (Å²) in [7, 11) is 1.62. The van der Waals surface area contributed by atoms with E-state index in [2.05, 4.69) is 5.10 Å². The van der Waals surface area contributed by atoms with Gasteiger partial charge in [0, 0.05) is 33.3 Å². The van der Waals surface area contributed by atoms with Gasteiger partial charge in [0.25, 0.3) is 5.91 Å². The number of hydrogen-bond acceptors (Lipinski definition) is 4. The fraction of sp³-hybridized carbons (Fsp3) is 0.667. The Hall–Kier alpha value is -1.40. The molecule has 0 saturated carbocycles. The third kappa shape index (κ3) is 3.54. The van der Waals surface area contributed by atoms with Crippen LogP contribution in [0.5, 0.6) is 0 Å². The minimum absolute atomic E-state index is 0.0417. The zero-order valence-corrected chi connectivity index (χ0v) is 11.3. The predicted molar refractivity (Wildman–Crippen MR) is 69.5 cm³/mol. The summed E-state index contributed by atoms with van der Waals surface area (Å²) in [6.07, 6.45) is 0. The maximum absolute atomic E-state index is 12.4. The van der Waals surface area contributed by atoms with E-state index in [1.807, 2.05) is 19.9 Å². The van der Waals surface area contributed by atoms with E-state index < -0.39 is 0 Å². The van der Waals surface area contributed by atoms with Gasteiger partial charge in [0.1, 0.15) is 5.69 Å². The number of carbonyl (C=O) groups excluding carboxylic acids is 1. The van der Waals surface area contributed by atoms with Crippen LogP contribution in [0.3, 0.4) is 0 Å². The van der Waals surface area contributed by atoms with Crippen molar-refractivity contribution in [2.24, 2.45) is 5.73 Å². The van der Waals surface area contributed by atoms with Crippen molar-refractivity contribution in [1.82, 2.24) is 14.7 Å².